The van der Waals surface area contributed by atoms with E-state index in [9.17, 15) is 8.78 Å². The highest BCUT2D eigenvalue weighted by Gasteiger charge is 2.11. The van der Waals surface area contributed by atoms with Crippen LogP contribution < -0.4 is 25.3 Å². The summed E-state index contributed by atoms with van der Waals surface area (Å²) in [7, 11) is 3.02. The molecule has 3 N–H and O–H groups in total. The van der Waals surface area contributed by atoms with E-state index in [0.29, 0.717) is 17.1 Å². The highest BCUT2D eigenvalue weighted by Crippen LogP contribution is 2.27. The van der Waals surface area contributed by atoms with Crippen molar-refractivity contribution in [1.29, 1.82) is 0 Å². The first-order valence-electron chi connectivity index (χ1n) is 7.34. The molecular formula is C17H20F2IN3O3. The Morgan fingerprint density at radius 3 is 2.27 bits per heavy atom. The molecule has 0 heterocycles. The molecule has 6 nitrogen and oxygen atoms in total. The number of benzene rings is 2. The summed E-state index contributed by atoms with van der Waals surface area (Å²) >= 11 is 0. The third kappa shape index (κ3) is 6.54. The number of halogens is 3. The molecule has 2 aromatic carbocycles. The number of alkyl halides is 2. The first-order valence-corrected chi connectivity index (χ1v) is 7.34. The summed E-state index contributed by atoms with van der Waals surface area (Å²) in [4.78, 5) is 4.14. The number of ether oxygens (including phenoxy) is 3. The molecule has 0 aliphatic rings. The molecule has 0 fully saturated rings. The lowest BCUT2D eigenvalue weighted by molar-refractivity contribution is -0.0505. The summed E-state index contributed by atoms with van der Waals surface area (Å²) in [6, 6.07) is 11.7. The van der Waals surface area contributed by atoms with Crippen LogP contribution in [0.15, 0.2) is 47.5 Å². The van der Waals surface area contributed by atoms with E-state index in [1.807, 2.05) is 0 Å². The lowest BCUT2D eigenvalue weighted by atomic mass is 10.2. The van der Waals surface area contributed by atoms with E-state index in [4.69, 9.17) is 15.2 Å². The van der Waals surface area contributed by atoms with Gasteiger partial charge in [0.25, 0.3) is 0 Å². The van der Waals surface area contributed by atoms with Gasteiger partial charge in [-0.3, -0.25) is 0 Å². The van der Waals surface area contributed by atoms with E-state index in [0.717, 1.165) is 5.69 Å². The van der Waals surface area contributed by atoms with Crippen molar-refractivity contribution in [3.63, 3.8) is 0 Å². The van der Waals surface area contributed by atoms with E-state index < -0.39 is 6.61 Å². The van der Waals surface area contributed by atoms with Gasteiger partial charge in [-0.05, 0) is 36.4 Å². The summed E-state index contributed by atoms with van der Waals surface area (Å²) in [5.74, 6) is 1.26. The van der Waals surface area contributed by atoms with E-state index >= 15 is 0 Å². The molecule has 0 aromatic heterocycles. The summed E-state index contributed by atoms with van der Waals surface area (Å²) in [5, 5.41) is 2.90. The summed E-state index contributed by atoms with van der Waals surface area (Å²) in [6.07, 6.45) is 0. The monoisotopic (exact) mass is 479 g/mol. The molecule has 9 heteroatoms. The van der Waals surface area contributed by atoms with Crippen molar-refractivity contribution in [2.75, 3.05) is 19.5 Å². The molecule has 142 valence electrons. The highest BCUT2D eigenvalue weighted by atomic mass is 127. The van der Waals surface area contributed by atoms with Gasteiger partial charge in [-0.15, -0.1) is 24.0 Å². The van der Waals surface area contributed by atoms with Crippen LogP contribution in [-0.4, -0.2) is 26.8 Å². The number of nitrogens with one attached hydrogen (secondary N) is 1. The van der Waals surface area contributed by atoms with Crippen LogP contribution in [0.2, 0.25) is 0 Å². The van der Waals surface area contributed by atoms with E-state index in [1.54, 1.807) is 43.5 Å². The minimum absolute atomic E-state index is 0. The number of guanidine groups is 1. The molecule has 0 bridgehead atoms. The van der Waals surface area contributed by atoms with Crippen LogP contribution >= 0.6 is 24.0 Å². The van der Waals surface area contributed by atoms with Gasteiger partial charge in [0.1, 0.15) is 17.2 Å². The maximum absolute atomic E-state index is 12.5. The summed E-state index contributed by atoms with van der Waals surface area (Å²) < 4.78 is 39.7. The maximum atomic E-state index is 12.5. The van der Waals surface area contributed by atoms with Gasteiger partial charge in [0.05, 0.1) is 20.8 Å². The van der Waals surface area contributed by atoms with E-state index in [-0.39, 0.29) is 42.2 Å². The van der Waals surface area contributed by atoms with Crippen LogP contribution in [0, 0.1) is 0 Å². The lowest BCUT2D eigenvalue weighted by Crippen LogP contribution is -2.22. The van der Waals surface area contributed by atoms with Gasteiger partial charge in [-0.1, -0.05) is 0 Å². The summed E-state index contributed by atoms with van der Waals surface area (Å²) in [6.45, 7) is -2.87. The smallest absolute Gasteiger partial charge is 0.387 e. The Bertz CT molecular complexity index is 728. The molecule has 2 rings (SSSR count). The number of nitrogens with two attached hydrogens (primary N) is 1. The van der Waals surface area contributed by atoms with Crippen molar-refractivity contribution in [1.82, 2.24) is 0 Å². The van der Waals surface area contributed by atoms with Gasteiger partial charge in [-0.25, -0.2) is 4.99 Å². The minimum atomic E-state index is -2.94. The Labute approximate surface area is 167 Å². The van der Waals surface area contributed by atoms with Crippen molar-refractivity contribution in [2.24, 2.45) is 10.7 Å². The molecule has 0 radical (unpaired) electrons. The number of aliphatic imine (C=N–C) groups is 1. The Morgan fingerprint density at radius 2 is 1.69 bits per heavy atom. The quantitative estimate of drug-likeness (QED) is 0.359. The maximum Gasteiger partial charge on any atom is 0.387 e. The SMILES string of the molecule is COc1ccc(NC(N)=NCc2ccc(OC)cc2OC(F)F)cc1.I. The van der Waals surface area contributed by atoms with Crippen LogP contribution in [0.1, 0.15) is 5.56 Å². The van der Waals surface area contributed by atoms with Gasteiger partial charge in [0.2, 0.25) is 0 Å². The summed E-state index contributed by atoms with van der Waals surface area (Å²) in [5.41, 5.74) is 7.01. The van der Waals surface area contributed by atoms with Crippen LogP contribution in [0.4, 0.5) is 14.5 Å². The molecule has 0 saturated carbocycles. The minimum Gasteiger partial charge on any atom is -0.497 e. The Hall–Kier alpha value is -2.30. The molecule has 0 unspecified atom stereocenters. The van der Waals surface area contributed by atoms with Gasteiger partial charge >= 0.3 is 6.61 Å². The first-order chi connectivity index (χ1) is 12.0. The largest absolute Gasteiger partial charge is 0.497 e. The standard InChI is InChI=1S/C17H19F2N3O3.HI/c1-23-13-7-4-12(5-8-13)22-17(20)21-10-11-3-6-14(24-2)9-15(11)25-16(18)19;/h3-9,16H,10H2,1-2H3,(H3,20,21,22);1H. The van der Waals surface area contributed by atoms with E-state index in [2.05, 4.69) is 15.0 Å². The second-order valence-corrected chi connectivity index (χ2v) is 4.91. The molecule has 0 saturated heterocycles. The normalized spacial score (nSPS) is 10.9. The van der Waals surface area contributed by atoms with Crippen molar-refractivity contribution in [2.45, 2.75) is 13.2 Å². The van der Waals surface area contributed by atoms with Gasteiger partial charge < -0.3 is 25.3 Å². The highest BCUT2D eigenvalue weighted by molar-refractivity contribution is 14.0. The van der Waals surface area contributed by atoms with Gasteiger partial charge in [-0.2, -0.15) is 8.78 Å². The number of hydrogen-bond acceptors (Lipinski definition) is 4. The zero-order chi connectivity index (χ0) is 18.2. The van der Waals surface area contributed by atoms with Crippen molar-refractivity contribution >= 4 is 35.6 Å². The first kappa shape index (κ1) is 21.7. The molecular weight excluding hydrogens is 459 g/mol. The zero-order valence-corrected chi connectivity index (χ0v) is 16.6. The molecule has 26 heavy (non-hydrogen) atoms. The average molecular weight is 479 g/mol. The second kappa shape index (κ2) is 10.6. The fourth-order valence-corrected chi connectivity index (χ4v) is 2.03. The molecule has 2 aromatic rings. The van der Waals surface area contributed by atoms with E-state index in [1.165, 1.54) is 13.2 Å². The average Bonchev–Trinajstić information content (AvgIpc) is 2.60. The predicted molar refractivity (Wildman–Crippen MR) is 107 cm³/mol. The molecule has 0 aliphatic heterocycles. The fourth-order valence-electron chi connectivity index (χ4n) is 2.03. The number of anilines is 1. The number of methoxy groups -OCH3 is 2. The number of rotatable bonds is 7. The van der Waals surface area contributed by atoms with Crippen LogP contribution in [0.3, 0.4) is 0 Å². The van der Waals surface area contributed by atoms with Crippen molar-refractivity contribution in [3.8, 4) is 17.2 Å². The van der Waals surface area contributed by atoms with Crippen LogP contribution in [0.25, 0.3) is 0 Å². The van der Waals surface area contributed by atoms with Crippen molar-refractivity contribution < 1.29 is 23.0 Å². The Balaban J connectivity index is 0.00000338. The van der Waals surface area contributed by atoms with Crippen LogP contribution in [0.5, 0.6) is 17.2 Å². The molecule has 0 amide bonds. The molecule has 0 spiro atoms. The lowest BCUT2D eigenvalue weighted by Gasteiger charge is -2.11. The Morgan fingerprint density at radius 1 is 1.08 bits per heavy atom. The zero-order valence-electron chi connectivity index (χ0n) is 14.2. The number of hydrogen-bond donors (Lipinski definition) is 2. The van der Waals surface area contributed by atoms with Crippen molar-refractivity contribution in [3.05, 3.63) is 48.0 Å². The molecule has 0 atom stereocenters. The Kier molecular flexibility index (Phi) is 8.90. The van der Waals surface area contributed by atoms with Crippen LogP contribution in [-0.2, 0) is 6.54 Å². The third-order valence-electron chi connectivity index (χ3n) is 3.27. The fraction of sp³-hybridized carbons (Fsp3) is 0.235. The second-order valence-electron chi connectivity index (χ2n) is 4.91. The predicted octanol–water partition coefficient (Wildman–Crippen LogP) is 3.85. The third-order valence-corrected chi connectivity index (χ3v) is 3.27. The molecule has 0 aliphatic carbocycles. The van der Waals surface area contributed by atoms with Gasteiger partial charge in [0, 0.05) is 17.3 Å². The van der Waals surface area contributed by atoms with Gasteiger partial charge in [0.15, 0.2) is 5.96 Å². The topological polar surface area (TPSA) is 78.1 Å². The number of nitrogens with zero attached hydrogens (tertiary/aromatic N) is 1.